The summed E-state index contributed by atoms with van der Waals surface area (Å²) in [5.41, 5.74) is -0.460. The molecule has 1 heterocycles. The second-order valence-corrected chi connectivity index (χ2v) is 5.73. The second kappa shape index (κ2) is 6.95. The molecular formula is C13H26N2O3. The molecule has 0 aliphatic carbocycles. The van der Waals surface area contributed by atoms with Crippen molar-refractivity contribution in [1.29, 1.82) is 0 Å². The number of likely N-dealkylation sites (N-methyl/N-ethyl adjacent to an activating group) is 1. The van der Waals surface area contributed by atoms with Gasteiger partial charge in [0.15, 0.2) is 0 Å². The third kappa shape index (κ3) is 5.69. The standard InChI is InChI=1S/C13H26N2O3/c1-13(2,3)18-12(16)15(4)11-9-14-7-5-6-8-17-10-11/h11,14H,5-10H2,1-4H3. The number of rotatable bonds is 1. The minimum absolute atomic E-state index is 0.0259. The van der Waals surface area contributed by atoms with Crippen molar-refractivity contribution in [2.24, 2.45) is 0 Å². The topological polar surface area (TPSA) is 50.8 Å². The zero-order valence-electron chi connectivity index (χ0n) is 12.0. The smallest absolute Gasteiger partial charge is 0.410 e. The van der Waals surface area contributed by atoms with E-state index in [2.05, 4.69) is 5.32 Å². The first-order valence-corrected chi connectivity index (χ1v) is 6.64. The van der Waals surface area contributed by atoms with Crippen molar-refractivity contribution in [3.05, 3.63) is 0 Å². The highest BCUT2D eigenvalue weighted by Gasteiger charge is 2.25. The van der Waals surface area contributed by atoms with E-state index in [4.69, 9.17) is 9.47 Å². The van der Waals surface area contributed by atoms with Gasteiger partial charge in [-0.1, -0.05) is 0 Å². The normalized spacial score (nSPS) is 22.6. The molecule has 5 nitrogen and oxygen atoms in total. The molecule has 1 amide bonds. The summed E-state index contributed by atoms with van der Waals surface area (Å²) in [6, 6.07) is 0.0259. The van der Waals surface area contributed by atoms with E-state index in [1.807, 2.05) is 20.8 Å². The molecule has 1 rings (SSSR count). The first kappa shape index (κ1) is 15.2. The van der Waals surface area contributed by atoms with E-state index in [0.29, 0.717) is 6.61 Å². The Bertz CT molecular complexity index is 253. The third-order valence-electron chi connectivity index (χ3n) is 2.81. The Morgan fingerprint density at radius 1 is 1.39 bits per heavy atom. The summed E-state index contributed by atoms with van der Waals surface area (Å²) in [7, 11) is 1.77. The lowest BCUT2D eigenvalue weighted by atomic mass is 10.2. The SMILES string of the molecule is CN(C(=O)OC(C)(C)C)C1CNCCCCOC1. The predicted octanol–water partition coefficient (Wildman–Crippen LogP) is 1.62. The van der Waals surface area contributed by atoms with Crippen LogP contribution >= 0.6 is 0 Å². The summed E-state index contributed by atoms with van der Waals surface area (Å²) in [6.07, 6.45) is 1.89. The first-order chi connectivity index (χ1) is 8.40. The first-order valence-electron chi connectivity index (χ1n) is 6.64. The fraction of sp³-hybridized carbons (Fsp3) is 0.923. The van der Waals surface area contributed by atoms with Gasteiger partial charge in [-0.25, -0.2) is 4.79 Å². The Morgan fingerprint density at radius 3 is 2.78 bits per heavy atom. The van der Waals surface area contributed by atoms with Crippen molar-refractivity contribution in [2.75, 3.05) is 33.4 Å². The summed E-state index contributed by atoms with van der Waals surface area (Å²) in [6.45, 7) is 8.66. The summed E-state index contributed by atoms with van der Waals surface area (Å²) >= 11 is 0. The molecule has 1 N–H and O–H groups in total. The average Bonchev–Trinajstić information content (AvgIpc) is 2.38. The maximum atomic E-state index is 12.0. The van der Waals surface area contributed by atoms with E-state index in [0.717, 1.165) is 32.5 Å². The van der Waals surface area contributed by atoms with Crippen LogP contribution in [0.4, 0.5) is 4.79 Å². The van der Waals surface area contributed by atoms with Gasteiger partial charge in [-0.05, 0) is 40.2 Å². The van der Waals surface area contributed by atoms with E-state index in [1.165, 1.54) is 0 Å². The number of carbonyl (C=O) groups excluding carboxylic acids is 1. The minimum atomic E-state index is -0.460. The van der Waals surface area contributed by atoms with Crippen molar-refractivity contribution < 1.29 is 14.3 Å². The van der Waals surface area contributed by atoms with Gasteiger partial charge in [0.1, 0.15) is 5.60 Å². The molecule has 0 spiro atoms. The van der Waals surface area contributed by atoms with E-state index in [1.54, 1.807) is 11.9 Å². The number of nitrogens with one attached hydrogen (secondary N) is 1. The lowest BCUT2D eigenvalue weighted by molar-refractivity contribution is 0.00930. The van der Waals surface area contributed by atoms with Crippen LogP contribution in [0.3, 0.4) is 0 Å². The van der Waals surface area contributed by atoms with Gasteiger partial charge in [0, 0.05) is 20.2 Å². The molecule has 18 heavy (non-hydrogen) atoms. The number of ether oxygens (including phenoxy) is 2. The summed E-state index contributed by atoms with van der Waals surface area (Å²) in [4.78, 5) is 13.6. The molecule has 0 aromatic rings. The van der Waals surface area contributed by atoms with Gasteiger partial charge in [-0.15, -0.1) is 0 Å². The lowest BCUT2D eigenvalue weighted by Crippen LogP contribution is -2.47. The van der Waals surface area contributed by atoms with E-state index < -0.39 is 5.60 Å². The fourth-order valence-electron chi connectivity index (χ4n) is 1.73. The number of hydrogen-bond donors (Lipinski definition) is 1. The van der Waals surface area contributed by atoms with Crippen LogP contribution in [0.1, 0.15) is 33.6 Å². The summed E-state index contributed by atoms with van der Waals surface area (Å²) < 4.78 is 10.9. The van der Waals surface area contributed by atoms with Crippen LogP contribution in [0.15, 0.2) is 0 Å². The number of carbonyl (C=O) groups is 1. The highest BCUT2D eigenvalue weighted by Crippen LogP contribution is 2.11. The van der Waals surface area contributed by atoms with Crippen molar-refractivity contribution >= 4 is 6.09 Å². The van der Waals surface area contributed by atoms with Crippen molar-refractivity contribution in [3.63, 3.8) is 0 Å². The molecule has 0 aromatic carbocycles. The molecule has 1 aliphatic rings. The Kier molecular flexibility index (Phi) is 5.88. The minimum Gasteiger partial charge on any atom is -0.444 e. The van der Waals surface area contributed by atoms with Gasteiger partial charge in [0.2, 0.25) is 0 Å². The number of hydrogen-bond acceptors (Lipinski definition) is 4. The van der Waals surface area contributed by atoms with Gasteiger partial charge in [-0.2, -0.15) is 0 Å². The average molecular weight is 258 g/mol. The zero-order valence-corrected chi connectivity index (χ0v) is 12.0. The maximum Gasteiger partial charge on any atom is 0.410 e. The van der Waals surface area contributed by atoms with Crippen LogP contribution in [-0.2, 0) is 9.47 Å². The Hall–Kier alpha value is -0.810. The van der Waals surface area contributed by atoms with Crippen LogP contribution in [0, 0.1) is 0 Å². The van der Waals surface area contributed by atoms with Gasteiger partial charge < -0.3 is 19.7 Å². The predicted molar refractivity (Wildman–Crippen MR) is 70.7 cm³/mol. The van der Waals surface area contributed by atoms with Crippen molar-refractivity contribution in [3.8, 4) is 0 Å². The monoisotopic (exact) mass is 258 g/mol. The lowest BCUT2D eigenvalue weighted by Gasteiger charge is -2.30. The fourth-order valence-corrected chi connectivity index (χ4v) is 1.73. The molecule has 5 heteroatoms. The van der Waals surface area contributed by atoms with Crippen LogP contribution < -0.4 is 5.32 Å². The third-order valence-corrected chi connectivity index (χ3v) is 2.81. The molecule has 1 aliphatic heterocycles. The molecular weight excluding hydrogens is 232 g/mol. The van der Waals surface area contributed by atoms with Crippen molar-refractivity contribution in [1.82, 2.24) is 10.2 Å². The van der Waals surface area contributed by atoms with Crippen LogP contribution in [-0.4, -0.2) is 56.0 Å². The van der Waals surface area contributed by atoms with Gasteiger partial charge in [-0.3, -0.25) is 0 Å². The van der Waals surface area contributed by atoms with E-state index >= 15 is 0 Å². The Labute approximate surface area is 110 Å². The molecule has 1 atom stereocenters. The largest absolute Gasteiger partial charge is 0.444 e. The van der Waals surface area contributed by atoms with E-state index in [9.17, 15) is 4.79 Å². The van der Waals surface area contributed by atoms with Gasteiger partial charge in [0.25, 0.3) is 0 Å². The molecule has 0 aromatic heterocycles. The molecule has 1 unspecified atom stereocenters. The molecule has 1 fully saturated rings. The van der Waals surface area contributed by atoms with Crippen molar-refractivity contribution in [2.45, 2.75) is 45.3 Å². The molecule has 1 saturated heterocycles. The second-order valence-electron chi connectivity index (χ2n) is 5.73. The Balaban J connectivity index is 2.50. The molecule has 0 saturated carbocycles. The molecule has 106 valence electrons. The quantitative estimate of drug-likeness (QED) is 0.776. The molecule has 0 radical (unpaired) electrons. The summed E-state index contributed by atoms with van der Waals surface area (Å²) in [5, 5.41) is 3.35. The number of amides is 1. The van der Waals surface area contributed by atoms with Crippen LogP contribution in [0.25, 0.3) is 0 Å². The van der Waals surface area contributed by atoms with Crippen LogP contribution in [0.5, 0.6) is 0 Å². The Morgan fingerprint density at radius 2 is 2.11 bits per heavy atom. The highest BCUT2D eigenvalue weighted by molar-refractivity contribution is 5.68. The highest BCUT2D eigenvalue weighted by atomic mass is 16.6. The molecule has 0 bridgehead atoms. The number of nitrogens with zero attached hydrogens (tertiary/aromatic N) is 1. The van der Waals surface area contributed by atoms with Crippen LogP contribution in [0.2, 0.25) is 0 Å². The van der Waals surface area contributed by atoms with Gasteiger partial charge in [0.05, 0.1) is 12.6 Å². The van der Waals surface area contributed by atoms with Gasteiger partial charge >= 0.3 is 6.09 Å². The zero-order chi connectivity index (χ0) is 13.6. The maximum absolute atomic E-state index is 12.0. The summed E-state index contributed by atoms with van der Waals surface area (Å²) in [5.74, 6) is 0. The van der Waals surface area contributed by atoms with E-state index in [-0.39, 0.29) is 12.1 Å².